The molecule has 1 saturated heterocycles. The van der Waals surface area contributed by atoms with Crippen molar-refractivity contribution < 1.29 is 14.6 Å². The predicted molar refractivity (Wildman–Crippen MR) is 29.8 cm³/mol. The SMILES string of the molecule is O[C@H]1[C@@H](O)CN[C@@H]1CF. The molecule has 3 atom stereocenters. The van der Waals surface area contributed by atoms with Crippen LogP contribution in [-0.4, -0.2) is 41.7 Å². The minimum absolute atomic E-state index is 0.287. The van der Waals surface area contributed by atoms with Crippen molar-refractivity contribution in [3.05, 3.63) is 0 Å². The molecule has 0 unspecified atom stereocenters. The Balaban J connectivity index is 2.41. The van der Waals surface area contributed by atoms with Gasteiger partial charge in [0.05, 0.1) is 18.2 Å². The summed E-state index contributed by atoms with van der Waals surface area (Å²) in [4.78, 5) is 0. The lowest BCUT2D eigenvalue weighted by molar-refractivity contribution is 0.0365. The van der Waals surface area contributed by atoms with Gasteiger partial charge in [-0.25, -0.2) is 4.39 Å². The van der Waals surface area contributed by atoms with E-state index in [2.05, 4.69) is 5.32 Å². The predicted octanol–water partition coefficient (Wildman–Crippen LogP) is -1.35. The lowest BCUT2D eigenvalue weighted by Crippen LogP contribution is -2.34. The molecule has 1 aliphatic rings. The summed E-state index contributed by atoms with van der Waals surface area (Å²) in [7, 11) is 0. The third-order valence-electron chi connectivity index (χ3n) is 1.56. The van der Waals surface area contributed by atoms with Crippen molar-refractivity contribution in [2.45, 2.75) is 18.2 Å². The molecule has 3 nitrogen and oxygen atoms in total. The number of alkyl halides is 1. The lowest BCUT2D eigenvalue weighted by atomic mass is 10.2. The fourth-order valence-corrected chi connectivity index (χ4v) is 0.928. The van der Waals surface area contributed by atoms with Crippen LogP contribution in [0, 0.1) is 0 Å². The average Bonchev–Trinajstić information content (AvgIpc) is 2.15. The van der Waals surface area contributed by atoms with Gasteiger partial charge < -0.3 is 15.5 Å². The summed E-state index contributed by atoms with van der Waals surface area (Å²) < 4.78 is 11.8. The van der Waals surface area contributed by atoms with Crippen LogP contribution in [0.3, 0.4) is 0 Å². The number of hydrogen-bond donors (Lipinski definition) is 3. The molecule has 0 aromatic rings. The first-order chi connectivity index (χ1) is 4.25. The minimum Gasteiger partial charge on any atom is -0.389 e. The van der Waals surface area contributed by atoms with Gasteiger partial charge in [-0.15, -0.1) is 0 Å². The van der Waals surface area contributed by atoms with E-state index in [-0.39, 0.29) is 6.54 Å². The zero-order valence-corrected chi connectivity index (χ0v) is 4.92. The Bertz CT molecular complexity index is 101. The second-order valence-corrected chi connectivity index (χ2v) is 2.23. The number of hydrogen-bond acceptors (Lipinski definition) is 3. The normalized spacial score (nSPS) is 43.7. The van der Waals surface area contributed by atoms with Gasteiger partial charge in [-0.05, 0) is 0 Å². The van der Waals surface area contributed by atoms with Crippen LogP contribution in [-0.2, 0) is 0 Å². The molecule has 1 aliphatic heterocycles. The largest absolute Gasteiger partial charge is 0.389 e. The molecule has 0 aromatic heterocycles. The molecule has 4 heteroatoms. The molecule has 0 bridgehead atoms. The van der Waals surface area contributed by atoms with Gasteiger partial charge in [-0.1, -0.05) is 0 Å². The summed E-state index contributed by atoms with van der Waals surface area (Å²) in [6.07, 6.45) is -1.74. The second-order valence-electron chi connectivity index (χ2n) is 2.23. The van der Waals surface area contributed by atoms with E-state index < -0.39 is 24.9 Å². The van der Waals surface area contributed by atoms with Gasteiger partial charge in [-0.2, -0.15) is 0 Å². The first-order valence-electron chi connectivity index (χ1n) is 2.91. The maximum Gasteiger partial charge on any atom is 0.107 e. The quantitative estimate of drug-likeness (QED) is 0.416. The van der Waals surface area contributed by atoms with E-state index in [1.807, 2.05) is 0 Å². The summed E-state index contributed by atoms with van der Waals surface area (Å²) in [5.74, 6) is 0. The highest BCUT2D eigenvalue weighted by molar-refractivity contribution is 4.89. The summed E-state index contributed by atoms with van der Waals surface area (Å²) in [5, 5.41) is 20.4. The molecule has 0 aliphatic carbocycles. The van der Waals surface area contributed by atoms with Crippen LogP contribution >= 0.6 is 0 Å². The van der Waals surface area contributed by atoms with E-state index in [0.717, 1.165) is 0 Å². The molecule has 54 valence electrons. The summed E-state index contributed by atoms with van der Waals surface area (Å²) in [6.45, 7) is -0.339. The second kappa shape index (κ2) is 2.60. The fourth-order valence-electron chi connectivity index (χ4n) is 0.928. The highest BCUT2D eigenvalue weighted by Crippen LogP contribution is 2.07. The number of rotatable bonds is 1. The Morgan fingerprint density at radius 2 is 2.22 bits per heavy atom. The highest BCUT2D eigenvalue weighted by atomic mass is 19.1. The molecular formula is C5H10FNO2. The van der Waals surface area contributed by atoms with Gasteiger partial charge in [0.1, 0.15) is 6.67 Å². The first-order valence-corrected chi connectivity index (χ1v) is 2.91. The summed E-state index contributed by atoms with van der Waals surface area (Å²) in [5.41, 5.74) is 0. The Labute approximate surface area is 52.5 Å². The third-order valence-corrected chi connectivity index (χ3v) is 1.56. The number of β-amino-alcohol motifs (C(OH)–C–C–N with tert-alkyl or cyclic N) is 1. The maximum absolute atomic E-state index is 11.8. The third kappa shape index (κ3) is 1.20. The summed E-state index contributed by atoms with van der Waals surface area (Å²) in [6, 6.07) is -0.569. The van der Waals surface area contributed by atoms with Crippen molar-refractivity contribution in [1.29, 1.82) is 0 Å². The molecule has 0 spiro atoms. The van der Waals surface area contributed by atoms with Gasteiger partial charge in [-0.3, -0.25) is 0 Å². The van der Waals surface area contributed by atoms with Crippen LogP contribution in [0.25, 0.3) is 0 Å². The fraction of sp³-hybridized carbons (Fsp3) is 1.00. The summed E-state index contributed by atoms with van der Waals surface area (Å²) >= 11 is 0. The number of halogens is 1. The zero-order chi connectivity index (χ0) is 6.85. The van der Waals surface area contributed by atoms with Gasteiger partial charge >= 0.3 is 0 Å². The maximum atomic E-state index is 11.8. The Morgan fingerprint density at radius 1 is 1.56 bits per heavy atom. The van der Waals surface area contributed by atoms with Crippen molar-refractivity contribution in [1.82, 2.24) is 5.32 Å². The van der Waals surface area contributed by atoms with Gasteiger partial charge in [0.2, 0.25) is 0 Å². The molecule has 9 heavy (non-hydrogen) atoms. The van der Waals surface area contributed by atoms with E-state index >= 15 is 0 Å². The molecule has 0 radical (unpaired) electrons. The highest BCUT2D eigenvalue weighted by Gasteiger charge is 2.32. The van der Waals surface area contributed by atoms with Gasteiger partial charge in [0, 0.05) is 6.54 Å². The van der Waals surface area contributed by atoms with Crippen LogP contribution in [0.5, 0.6) is 0 Å². The molecule has 1 fully saturated rings. The number of aliphatic hydroxyl groups is 2. The van der Waals surface area contributed by atoms with Gasteiger partial charge in [0.25, 0.3) is 0 Å². The molecule has 3 N–H and O–H groups in total. The van der Waals surface area contributed by atoms with Crippen molar-refractivity contribution in [3.8, 4) is 0 Å². The first kappa shape index (κ1) is 6.92. The smallest absolute Gasteiger partial charge is 0.107 e. The van der Waals surface area contributed by atoms with Crippen molar-refractivity contribution in [3.63, 3.8) is 0 Å². The molecule has 1 heterocycles. The van der Waals surface area contributed by atoms with E-state index in [1.165, 1.54) is 0 Å². The standard InChI is InChI=1S/C5H10FNO2/c6-1-3-5(9)4(8)2-7-3/h3-5,7-9H,1-2H2/t3-,4+,5-/m1/s1. The van der Waals surface area contributed by atoms with E-state index in [4.69, 9.17) is 10.2 Å². The van der Waals surface area contributed by atoms with Crippen LogP contribution in [0.2, 0.25) is 0 Å². The molecule has 0 saturated carbocycles. The lowest BCUT2D eigenvalue weighted by Gasteiger charge is -2.10. The van der Waals surface area contributed by atoms with E-state index in [0.29, 0.717) is 0 Å². The number of aliphatic hydroxyl groups excluding tert-OH is 2. The average molecular weight is 135 g/mol. The Hall–Kier alpha value is -0.190. The molecule has 0 aromatic carbocycles. The van der Waals surface area contributed by atoms with Crippen molar-refractivity contribution in [2.24, 2.45) is 0 Å². The zero-order valence-electron chi connectivity index (χ0n) is 4.92. The van der Waals surface area contributed by atoms with Crippen LogP contribution in [0.4, 0.5) is 4.39 Å². The monoisotopic (exact) mass is 135 g/mol. The Kier molecular flexibility index (Phi) is 2.00. The van der Waals surface area contributed by atoms with E-state index in [1.54, 1.807) is 0 Å². The molecular weight excluding hydrogens is 125 g/mol. The van der Waals surface area contributed by atoms with Crippen LogP contribution < -0.4 is 5.32 Å². The van der Waals surface area contributed by atoms with E-state index in [9.17, 15) is 4.39 Å². The van der Waals surface area contributed by atoms with Crippen LogP contribution in [0.1, 0.15) is 0 Å². The topological polar surface area (TPSA) is 52.5 Å². The van der Waals surface area contributed by atoms with Crippen molar-refractivity contribution >= 4 is 0 Å². The molecule has 1 rings (SSSR count). The van der Waals surface area contributed by atoms with Crippen molar-refractivity contribution in [2.75, 3.05) is 13.2 Å². The minimum atomic E-state index is -0.935. The Morgan fingerprint density at radius 3 is 2.44 bits per heavy atom. The molecule has 0 amide bonds. The van der Waals surface area contributed by atoms with Gasteiger partial charge in [0.15, 0.2) is 0 Å². The van der Waals surface area contributed by atoms with Crippen LogP contribution in [0.15, 0.2) is 0 Å². The number of nitrogens with one attached hydrogen (secondary N) is 1.